The molecule has 3 aromatic rings. The summed E-state index contributed by atoms with van der Waals surface area (Å²) in [5.41, 5.74) is 2.05. The maximum absolute atomic E-state index is 13.2. The van der Waals surface area contributed by atoms with Crippen LogP contribution in [0.4, 0.5) is 0 Å². The van der Waals surface area contributed by atoms with Gasteiger partial charge in [0.15, 0.2) is 11.5 Å². The van der Waals surface area contributed by atoms with Gasteiger partial charge in [-0.15, -0.1) is 0 Å². The molecule has 2 aliphatic rings. The molecule has 0 aliphatic carbocycles. The van der Waals surface area contributed by atoms with E-state index in [1.165, 1.54) is 4.90 Å². The second kappa shape index (κ2) is 10.8. The molecule has 0 saturated carbocycles. The lowest BCUT2D eigenvalue weighted by molar-refractivity contribution is -0.140. The molecule has 0 bridgehead atoms. The summed E-state index contributed by atoms with van der Waals surface area (Å²) in [7, 11) is 1.58. The summed E-state index contributed by atoms with van der Waals surface area (Å²) in [6.07, 6.45) is 0.536. The molecule has 0 radical (unpaired) electrons. The first-order valence-corrected chi connectivity index (χ1v) is 12.0. The van der Waals surface area contributed by atoms with Crippen LogP contribution < -0.4 is 14.2 Å². The summed E-state index contributed by atoms with van der Waals surface area (Å²) in [5, 5.41) is 11.3. The fourth-order valence-electron chi connectivity index (χ4n) is 4.55. The van der Waals surface area contributed by atoms with Crippen molar-refractivity contribution >= 4 is 17.4 Å². The van der Waals surface area contributed by atoms with Gasteiger partial charge in [0.1, 0.15) is 18.1 Å². The highest BCUT2D eigenvalue weighted by molar-refractivity contribution is 6.46. The van der Waals surface area contributed by atoms with Gasteiger partial charge in [0.2, 0.25) is 6.79 Å². The van der Waals surface area contributed by atoms with Crippen LogP contribution in [0.2, 0.25) is 0 Å². The van der Waals surface area contributed by atoms with E-state index in [1.54, 1.807) is 31.4 Å². The van der Waals surface area contributed by atoms with E-state index < -0.39 is 17.7 Å². The van der Waals surface area contributed by atoms with Crippen molar-refractivity contribution in [1.29, 1.82) is 0 Å². The largest absolute Gasteiger partial charge is 0.507 e. The number of carbonyl (C=O) groups excluding carboxylic acids is 2. The topological polar surface area (TPSA) is 94.5 Å². The number of amides is 1. The number of aliphatic hydroxyl groups is 1. The molecule has 0 aromatic heterocycles. The molecular weight excluding hydrogens is 474 g/mol. The van der Waals surface area contributed by atoms with Gasteiger partial charge in [0.05, 0.1) is 11.6 Å². The predicted octanol–water partition coefficient (Wildman–Crippen LogP) is 4.45. The Morgan fingerprint density at radius 3 is 2.62 bits per heavy atom. The number of aliphatic hydroxyl groups excluding tert-OH is 1. The van der Waals surface area contributed by atoms with E-state index in [-0.39, 0.29) is 24.7 Å². The van der Waals surface area contributed by atoms with Crippen LogP contribution in [-0.2, 0) is 20.9 Å². The molecular formula is C29H27NO7. The Morgan fingerprint density at radius 1 is 1.00 bits per heavy atom. The highest BCUT2D eigenvalue weighted by atomic mass is 16.7. The lowest BCUT2D eigenvalue weighted by Crippen LogP contribution is -2.31. The molecule has 8 heteroatoms. The molecule has 0 spiro atoms. The Labute approximate surface area is 214 Å². The van der Waals surface area contributed by atoms with Crippen LogP contribution in [0.25, 0.3) is 5.76 Å². The normalized spacial score (nSPS) is 17.9. The molecule has 3 aromatic carbocycles. The summed E-state index contributed by atoms with van der Waals surface area (Å²) in [4.78, 5) is 27.9. The van der Waals surface area contributed by atoms with Crippen LogP contribution in [0.15, 0.2) is 78.4 Å². The molecule has 1 amide bonds. The highest BCUT2D eigenvalue weighted by Gasteiger charge is 2.46. The molecule has 5 rings (SSSR count). The Bertz CT molecular complexity index is 1340. The number of carbonyl (C=O) groups is 2. The van der Waals surface area contributed by atoms with Gasteiger partial charge in [-0.1, -0.05) is 42.5 Å². The van der Waals surface area contributed by atoms with Crippen molar-refractivity contribution in [3.63, 3.8) is 0 Å². The van der Waals surface area contributed by atoms with Crippen LogP contribution in [0.3, 0.4) is 0 Å². The van der Waals surface area contributed by atoms with Crippen LogP contribution in [-0.4, -0.2) is 48.8 Å². The first-order valence-electron chi connectivity index (χ1n) is 12.0. The minimum atomic E-state index is -0.789. The average Bonchev–Trinajstić information content (AvgIpc) is 3.50. The molecule has 1 unspecified atom stereocenters. The van der Waals surface area contributed by atoms with E-state index in [9.17, 15) is 14.7 Å². The standard InChI is InChI=1S/C29H27NO7/c1-34-14-6-13-30-26(20-9-5-10-22(15-20)35-17-19-7-3-2-4-8-19)25(28(32)29(30)33)27(31)21-11-12-23-24(16-21)37-18-36-23/h2-5,7-12,15-16,26,31H,6,13-14,17-18H2,1H3/b27-25-. The third-order valence-corrected chi connectivity index (χ3v) is 6.36. The van der Waals surface area contributed by atoms with E-state index in [0.29, 0.717) is 48.0 Å². The lowest BCUT2D eigenvalue weighted by atomic mass is 9.95. The number of benzene rings is 3. The molecule has 2 heterocycles. The molecule has 1 saturated heterocycles. The van der Waals surface area contributed by atoms with E-state index in [0.717, 1.165) is 5.56 Å². The van der Waals surface area contributed by atoms with Crippen LogP contribution in [0.1, 0.15) is 29.2 Å². The SMILES string of the molecule is COCCCN1C(=O)C(=O)/C(=C(\O)c2ccc3c(c2)OCO3)C1c1cccc(OCc2ccccc2)c1. The van der Waals surface area contributed by atoms with Crippen molar-refractivity contribution in [2.24, 2.45) is 0 Å². The van der Waals surface area contributed by atoms with Crippen LogP contribution in [0, 0.1) is 0 Å². The van der Waals surface area contributed by atoms with Gasteiger partial charge in [-0.05, 0) is 47.9 Å². The number of rotatable bonds is 9. The van der Waals surface area contributed by atoms with Crippen molar-refractivity contribution in [2.75, 3.05) is 27.1 Å². The Balaban J connectivity index is 1.52. The highest BCUT2D eigenvalue weighted by Crippen LogP contribution is 2.42. The minimum Gasteiger partial charge on any atom is -0.507 e. The summed E-state index contributed by atoms with van der Waals surface area (Å²) >= 11 is 0. The van der Waals surface area contributed by atoms with E-state index in [4.69, 9.17) is 18.9 Å². The minimum absolute atomic E-state index is 0.0153. The number of hydrogen-bond acceptors (Lipinski definition) is 7. The quantitative estimate of drug-likeness (QED) is 0.200. The smallest absolute Gasteiger partial charge is 0.295 e. The van der Waals surface area contributed by atoms with Gasteiger partial charge in [0, 0.05) is 25.8 Å². The first kappa shape index (κ1) is 24.4. The zero-order chi connectivity index (χ0) is 25.8. The summed E-state index contributed by atoms with van der Waals surface area (Å²) in [6, 6.07) is 21.1. The maximum atomic E-state index is 13.2. The maximum Gasteiger partial charge on any atom is 0.295 e. The van der Waals surface area contributed by atoms with Crippen molar-refractivity contribution in [1.82, 2.24) is 4.90 Å². The van der Waals surface area contributed by atoms with Gasteiger partial charge in [-0.25, -0.2) is 0 Å². The van der Waals surface area contributed by atoms with Gasteiger partial charge in [0.25, 0.3) is 11.7 Å². The monoisotopic (exact) mass is 501 g/mol. The fraction of sp³-hybridized carbons (Fsp3) is 0.241. The first-order chi connectivity index (χ1) is 18.1. The number of hydrogen-bond donors (Lipinski definition) is 1. The zero-order valence-corrected chi connectivity index (χ0v) is 20.4. The summed E-state index contributed by atoms with van der Waals surface area (Å²) in [5.74, 6) is -0.0757. The second-order valence-corrected chi connectivity index (χ2v) is 8.75. The van der Waals surface area contributed by atoms with Crippen molar-refractivity contribution in [3.8, 4) is 17.2 Å². The number of Topliss-reactive ketones (excluding diaryl/α,β-unsaturated/α-hetero) is 1. The van der Waals surface area contributed by atoms with Gasteiger partial charge < -0.3 is 29.0 Å². The van der Waals surface area contributed by atoms with Crippen molar-refractivity contribution in [2.45, 2.75) is 19.1 Å². The number of ether oxygens (including phenoxy) is 4. The van der Waals surface area contributed by atoms with Gasteiger partial charge >= 0.3 is 0 Å². The third-order valence-electron chi connectivity index (χ3n) is 6.36. The number of ketones is 1. The molecule has 190 valence electrons. The number of fused-ring (bicyclic) bond motifs is 1. The lowest BCUT2D eigenvalue weighted by Gasteiger charge is -2.25. The second-order valence-electron chi connectivity index (χ2n) is 8.75. The average molecular weight is 502 g/mol. The van der Waals surface area contributed by atoms with Crippen molar-refractivity contribution < 1.29 is 33.6 Å². The number of methoxy groups -OCH3 is 1. The van der Waals surface area contributed by atoms with E-state index in [2.05, 4.69) is 0 Å². The van der Waals surface area contributed by atoms with E-state index >= 15 is 0 Å². The molecule has 1 fully saturated rings. The van der Waals surface area contributed by atoms with Crippen LogP contribution in [0.5, 0.6) is 17.2 Å². The number of nitrogens with zero attached hydrogens (tertiary/aromatic N) is 1. The summed E-state index contributed by atoms with van der Waals surface area (Å²) < 4.78 is 21.9. The number of likely N-dealkylation sites (tertiary alicyclic amines) is 1. The fourth-order valence-corrected chi connectivity index (χ4v) is 4.55. The molecule has 1 atom stereocenters. The Morgan fingerprint density at radius 2 is 1.81 bits per heavy atom. The summed E-state index contributed by atoms with van der Waals surface area (Å²) in [6.45, 7) is 1.17. The zero-order valence-electron chi connectivity index (χ0n) is 20.4. The Hall–Kier alpha value is -4.30. The van der Waals surface area contributed by atoms with Crippen molar-refractivity contribution in [3.05, 3.63) is 95.1 Å². The van der Waals surface area contributed by atoms with Gasteiger partial charge in [-0.3, -0.25) is 9.59 Å². The molecule has 37 heavy (non-hydrogen) atoms. The predicted molar refractivity (Wildman–Crippen MR) is 135 cm³/mol. The Kier molecular flexibility index (Phi) is 7.09. The molecule has 1 N–H and O–H groups in total. The van der Waals surface area contributed by atoms with E-state index in [1.807, 2.05) is 48.5 Å². The molecule has 2 aliphatic heterocycles. The molecule has 8 nitrogen and oxygen atoms in total. The van der Waals surface area contributed by atoms with Gasteiger partial charge in [-0.2, -0.15) is 0 Å². The van der Waals surface area contributed by atoms with Crippen LogP contribution >= 0.6 is 0 Å². The third kappa shape index (κ3) is 5.01.